The van der Waals surface area contributed by atoms with E-state index in [0.29, 0.717) is 11.7 Å². The molecule has 0 spiro atoms. The summed E-state index contributed by atoms with van der Waals surface area (Å²) in [6.45, 7) is 2.13. The van der Waals surface area contributed by atoms with E-state index < -0.39 is 0 Å². The summed E-state index contributed by atoms with van der Waals surface area (Å²) < 4.78 is 20.6. The zero-order valence-corrected chi connectivity index (χ0v) is 15.1. The summed E-state index contributed by atoms with van der Waals surface area (Å²) >= 11 is 1.52. The summed E-state index contributed by atoms with van der Waals surface area (Å²) in [4.78, 5) is 0.916. The van der Waals surface area contributed by atoms with Crippen LogP contribution in [0.4, 0.5) is 4.39 Å². The zero-order valence-electron chi connectivity index (χ0n) is 14.3. The van der Waals surface area contributed by atoms with E-state index in [-0.39, 0.29) is 5.82 Å². The van der Waals surface area contributed by atoms with Crippen molar-refractivity contribution in [2.75, 3.05) is 0 Å². The highest BCUT2D eigenvalue weighted by molar-refractivity contribution is 7.17. The third kappa shape index (κ3) is 3.47. The smallest absolute Gasteiger partial charge is 0.174 e. The summed E-state index contributed by atoms with van der Waals surface area (Å²) in [6, 6.07) is 17.7. The van der Waals surface area contributed by atoms with Gasteiger partial charge in [0.05, 0.1) is 6.10 Å². The lowest BCUT2D eigenvalue weighted by atomic mass is 9.96. The minimum atomic E-state index is -0.186. The molecule has 0 radical (unpaired) electrons. The lowest BCUT2D eigenvalue weighted by Gasteiger charge is -2.25. The number of rotatable bonds is 5. The van der Waals surface area contributed by atoms with Crippen molar-refractivity contribution in [3.63, 3.8) is 0 Å². The van der Waals surface area contributed by atoms with Crippen LogP contribution in [0.25, 0.3) is 21.6 Å². The summed E-state index contributed by atoms with van der Waals surface area (Å²) in [5.74, 6) is -0.186. The van der Waals surface area contributed by atoms with Crippen LogP contribution in [0, 0.1) is 5.82 Å². The van der Waals surface area contributed by atoms with E-state index in [2.05, 4.69) is 31.2 Å². The summed E-state index contributed by atoms with van der Waals surface area (Å²) in [6.07, 6.45) is 4.88. The van der Waals surface area contributed by atoms with Gasteiger partial charge in [0.15, 0.2) is 5.06 Å². The molecule has 25 heavy (non-hydrogen) atoms. The average Bonchev–Trinajstić information content (AvgIpc) is 3.06. The van der Waals surface area contributed by atoms with E-state index in [0.717, 1.165) is 40.3 Å². The molecule has 1 aromatic heterocycles. The number of thiophene rings is 1. The van der Waals surface area contributed by atoms with E-state index in [9.17, 15) is 4.39 Å². The maximum atomic E-state index is 14.7. The van der Waals surface area contributed by atoms with Crippen LogP contribution in [0.15, 0.2) is 54.6 Å². The largest absolute Gasteiger partial charge is 0.481 e. The molecule has 1 aliphatic carbocycles. The maximum Gasteiger partial charge on any atom is 0.174 e. The Bertz CT molecular complexity index is 862. The predicted octanol–water partition coefficient (Wildman–Crippen LogP) is 6.71. The van der Waals surface area contributed by atoms with E-state index in [1.165, 1.54) is 23.3 Å². The second-order valence-corrected chi connectivity index (χ2v) is 7.58. The topological polar surface area (TPSA) is 9.23 Å². The van der Waals surface area contributed by atoms with Gasteiger partial charge in [0.2, 0.25) is 0 Å². The van der Waals surface area contributed by atoms with E-state index in [1.54, 1.807) is 6.07 Å². The molecule has 0 saturated heterocycles. The minimum absolute atomic E-state index is 0.186. The molecule has 1 aliphatic rings. The summed E-state index contributed by atoms with van der Waals surface area (Å²) in [5, 5.41) is 0.887. The molecule has 2 aromatic carbocycles. The molecule has 0 N–H and O–H groups in total. The van der Waals surface area contributed by atoms with Crippen molar-refractivity contribution in [2.45, 2.75) is 38.7 Å². The maximum absolute atomic E-state index is 14.7. The van der Waals surface area contributed by atoms with Gasteiger partial charge in [-0.25, -0.2) is 4.39 Å². The van der Waals surface area contributed by atoms with Gasteiger partial charge in [0.1, 0.15) is 5.82 Å². The van der Waals surface area contributed by atoms with Crippen molar-refractivity contribution < 1.29 is 9.13 Å². The fourth-order valence-electron chi connectivity index (χ4n) is 3.01. The fraction of sp³-hybridized carbons (Fsp3) is 0.273. The minimum Gasteiger partial charge on any atom is -0.481 e. The van der Waals surface area contributed by atoms with E-state index in [1.807, 2.05) is 24.3 Å². The average molecular weight is 352 g/mol. The summed E-state index contributed by atoms with van der Waals surface area (Å²) in [5.41, 5.74) is 3.88. The lowest BCUT2D eigenvalue weighted by molar-refractivity contribution is 0.125. The first-order valence-corrected chi connectivity index (χ1v) is 9.70. The number of benzene rings is 2. The molecule has 3 heteroatoms. The molecule has 0 bridgehead atoms. The van der Waals surface area contributed by atoms with Crippen molar-refractivity contribution in [3.05, 3.63) is 66.0 Å². The number of aryl methyl sites for hydroxylation is 1. The molecule has 0 unspecified atom stereocenters. The third-order valence-corrected chi connectivity index (χ3v) is 5.86. The van der Waals surface area contributed by atoms with Gasteiger partial charge in [-0.3, -0.25) is 0 Å². The monoisotopic (exact) mass is 352 g/mol. The van der Waals surface area contributed by atoms with Crippen molar-refractivity contribution in [2.24, 2.45) is 0 Å². The Labute approximate surface area is 152 Å². The normalized spacial score (nSPS) is 14.3. The van der Waals surface area contributed by atoms with Crippen LogP contribution >= 0.6 is 11.3 Å². The first-order chi connectivity index (χ1) is 12.2. The molecule has 1 fully saturated rings. The molecule has 4 rings (SSSR count). The Hall–Kier alpha value is -2.13. The zero-order chi connectivity index (χ0) is 17.2. The van der Waals surface area contributed by atoms with Gasteiger partial charge in [0.25, 0.3) is 0 Å². The molecule has 128 valence electrons. The fourth-order valence-corrected chi connectivity index (χ4v) is 3.96. The van der Waals surface area contributed by atoms with Gasteiger partial charge < -0.3 is 4.74 Å². The predicted molar refractivity (Wildman–Crippen MR) is 103 cm³/mol. The van der Waals surface area contributed by atoms with Crippen molar-refractivity contribution >= 4 is 11.3 Å². The van der Waals surface area contributed by atoms with Gasteiger partial charge in [-0.15, -0.1) is 0 Å². The standard InChI is InChI=1S/C22H21FOS/c1-2-15-6-8-16(9-7-15)17-10-11-19(20(23)14-17)21-12-13-22(25-21)24-18-4-3-5-18/h6-14,18H,2-5H2,1H3. The molecule has 0 atom stereocenters. The third-order valence-electron chi connectivity index (χ3n) is 4.85. The van der Waals surface area contributed by atoms with Crippen LogP contribution in [-0.2, 0) is 6.42 Å². The van der Waals surface area contributed by atoms with Crippen molar-refractivity contribution in [1.29, 1.82) is 0 Å². The van der Waals surface area contributed by atoms with Gasteiger partial charge in [-0.05, 0) is 66.6 Å². The number of ether oxygens (including phenoxy) is 1. The molecular weight excluding hydrogens is 331 g/mol. The van der Waals surface area contributed by atoms with Gasteiger partial charge in [-0.1, -0.05) is 48.6 Å². The highest BCUT2D eigenvalue weighted by Crippen LogP contribution is 2.37. The number of halogens is 1. The highest BCUT2D eigenvalue weighted by atomic mass is 32.1. The Morgan fingerprint density at radius 2 is 1.76 bits per heavy atom. The lowest BCUT2D eigenvalue weighted by Crippen LogP contribution is -2.23. The van der Waals surface area contributed by atoms with Crippen LogP contribution in [0.5, 0.6) is 5.06 Å². The second kappa shape index (κ2) is 7.01. The van der Waals surface area contributed by atoms with Gasteiger partial charge in [0, 0.05) is 10.4 Å². The van der Waals surface area contributed by atoms with Crippen LogP contribution in [0.1, 0.15) is 31.7 Å². The van der Waals surface area contributed by atoms with E-state index in [4.69, 9.17) is 4.74 Å². The SMILES string of the molecule is CCc1ccc(-c2ccc(-c3ccc(OC4CCC4)s3)c(F)c2)cc1. The Balaban J connectivity index is 1.56. The molecule has 1 saturated carbocycles. The second-order valence-electron chi connectivity index (χ2n) is 6.53. The first kappa shape index (κ1) is 16.3. The van der Waals surface area contributed by atoms with E-state index >= 15 is 0 Å². The number of hydrogen-bond donors (Lipinski definition) is 0. The summed E-state index contributed by atoms with van der Waals surface area (Å²) in [7, 11) is 0. The van der Waals surface area contributed by atoms with Crippen molar-refractivity contribution in [3.8, 4) is 26.6 Å². The van der Waals surface area contributed by atoms with Crippen LogP contribution < -0.4 is 4.74 Å². The molecule has 1 nitrogen and oxygen atoms in total. The van der Waals surface area contributed by atoms with Gasteiger partial charge in [-0.2, -0.15) is 0 Å². The molecule has 1 heterocycles. The van der Waals surface area contributed by atoms with Crippen molar-refractivity contribution in [1.82, 2.24) is 0 Å². The van der Waals surface area contributed by atoms with Crippen LogP contribution in [0.3, 0.4) is 0 Å². The van der Waals surface area contributed by atoms with Gasteiger partial charge >= 0.3 is 0 Å². The number of hydrogen-bond acceptors (Lipinski definition) is 2. The highest BCUT2D eigenvalue weighted by Gasteiger charge is 2.20. The quantitative estimate of drug-likeness (QED) is 0.495. The first-order valence-electron chi connectivity index (χ1n) is 8.88. The molecule has 0 aliphatic heterocycles. The Kier molecular flexibility index (Phi) is 4.58. The Morgan fingerprint density at radius 1 is 1.00 bits per heavy atom. The molecule has 3 aromatic rings. The Morgan fingerprint density at radius 3 is 2.40 bits per heavy atom. The van der Waals surface area contributed by atoms with Crippen LogP contribution in [-0.4, -0.2) is 6.10 Å². The van der Waals surface area contributed by atoms with Crippen LogP contribution in [0.2, 0.25) is 0 Å². The molecular formula is C22H21FOS. The molecule has 0 amide bonds.